The molecule has 1 heterocycles. The average molecular weight is 232 g/mol. The lowest BCUT2D eigenvalue weighted by Gasteiger charge is -2.41. The van der Waals surface area contributed by atoms with E-state index in [4.69, 9.17) is 10.8 Å². The number of rotatable bonds is 4. The standard InChI is InChI=1S/C10H20N2O4/c1-2-7(10(11)16)12-3-6(5-13)9(15)8(14)4-12/h6-9,13-15H,2-5H2,1H3,(H2,11,16)/t6?,7-,8?,9?/m0/s1. The van der Waals surface area contributed by atoms with Crippen LogP contribution in [0.2, 0.25) is 0 Å². The van der Waals surface area contributed by atoms with Crippen LogP contribution >= 0.6 is 0 Å². The molecule has 0 radical (unpaired) electrons. The third-order valence-corrected chi connectivity index (χ3v) is 3.16. The summed E-state index contributed by atoms with van der Waals surface area (Å²) in [5.41, 5.74) is 5.26. The van der Waals surface area contributed by atoms with Crippen molar-refractivity contribution in [2.45, 2.75) is 31.6 Å². The summed E-state index contributed by atoms with van der Waals surface area (Å²) >= 11 is 0. The summed E-state index contributed by atoms with van der Waals surface area (Å²) in [6.45, 7) is 2.19. The van der Waals surface area contributed by atoms with Crippen LogP contribution in [0.1, 0.15) is 13.3 Å². The van der Waals surface area contributed by atoms with E-state index in [9.17, 15) is 15.0 Å². The van der Waals surface area contributed by atoms with Gasteiger partial charge in [-0.05, 0) is 6.42 Å². The van der Waals surface area contributed by atoms with Crippen molar-refractivity contribution in [2.24, 2.45) is 11.7 Å². The van der Waals surface area contributed by atoms with Crippen molar-refractivity contribution in [2.75, 3.05) is 19.7 Å². The molecule has 4 atom stereocenters. The van der Waals surface area contributed by atoms with E-state index in [0.717, 1.165) is 0 Å². The molecule has 1 fully saturated rings. The van der Waals surface area contributed by atoms with E-state index in [2.05, 4.69) is 0 Å². The molecule has 1 saturated heterocycles. The van der Waals surface area contributed by atoms with Gasteiger partial charge in [-0.2, -0.15) is 0 Å². The van der Waals surface area contributed by atoms with Crippen molar-refractivity contribution in [1.82, 2.24) is 4.90 Å². The SMILES string of the molecule is CC[C@@H](C(N)=O)N1CC(O)C(O)C(CO)C1. The molecule has 6 heteroatoms. The molecule has 1 aliphatic heterocycles. The second-order valence-electron chi connectivity index (χ2n) is 4.28. The molecule has 6 nitrogen and oxygen atoms in total. The van der Waals surface area contributed by atoms with Gasteiger partial charge in [-0.1, -0.05) is 6.92 Å². The number of hydrogen-bond acceptors (Lipinski definition) is 5. The zero-order valence-corrected chi connectivity index (χ0v) is 9.41. The molecular weight excluding hydrogens is 212 g/mol. The van der Waals surface area contributed by atoms with Crippen LogP contribution in [0.5, 0.6) is 0 Å². The lowest BCUT2D eigenvalue weighted by atomic mass is 9.91. The maximum absolute atomic E-state index is 11.2. The van der Waals surface area contributed by atoms with Gasteiger partial charge in [0.1, 0.15) is 0 Å². The fourth-order valence-electron chi connectivity index (χ4n) is 2.21. The molecular formula is C10H20N2O4. The Balaban J connectivity index is 2.72. The maximum Gasteiger partial charge on any atom is 0.234 e. The summed E-state index contributed by atoms with van der Waals surface area (Å²) < 4.78 is 0. The Morgan fingerprint density at radius 3 is 2.56 bits per heavy atom. The van der Waals surface area contributed by atoms with Crippen molar-refractivity contribution < 1.29 is 20.1 Å². The summed E-state index contributed by atoms with van der Waals surface area (Å²) in [6.07, 6.45) is -1.33. The number of nitrogens with zero attached hydrogens (tertiary/aromatic N) is 1. The smallest absolute Gasteiger partial charge is 0.234 e. The molecule has 94 valence electrons. The second-order valence-corrected chi connectivity index (χ2v) is 4.28. The molecule has 0 aromatic heterocycles. The van der Waals surface area contributed by atoms with Crippen molar-refractivity contribution in [3.8, 4) is 0 Å². The minimum Gasteiger partial charge on any atom is -0.396 e. The number of likely N-dealkylation sites (tertiary alicyclic amines) is 1. The third-order valence-electron chi connectivity index (χ3n) is 3.16. The van der Waals surface area contributed by atoms with Gasteiger partial charge in [0.2, 0.25) is 5.91 Å². The minimum atomic E-state index is -0.945. The van der Waals surface area contributed by atoms with Crippen molar-refractivity contribution >= 4 is 5.91 Å². The number of carbonyl (C=O) groups excluding carboxylic acids is 1. The zero-order chi connectivity index (χ0) is 12.3. The van der Waals surface area contributed by atoms with Gasteiger partial charge >= 0.3 is 0 Å². The quantitative estimate of drug-likeness (QED) is 0.444. The Bertz CT molecular complexity index is 249. The topological polar surface area (TPSA) is 107 Å². The van der Waals surface area contributed by atoms with Crippen LogP contribution < -0.4 is 5.73 Å². The van der Waals surface area contributed by atoms with Crippen LogP contribution in [0.25, 0.3) is 0 Å². The van der Waals surface area contributed by atoms with Gasteiger partial charge in [-0.3, -0.25) is 9.69 Å². The van der Waals surface area contributed by atoms with E-state index in [0.29, 0.717) is 13.0 Å². The van der Waals surface area contributed by atoms with Gasteiger partial charge in [-0.25, -0.2) is 0 Å². The fourth-order valence-corrected chi connectivity index (χ4v) is 2.21. The summed E-state index contributed by atoms with van der Waals surface area (Å²) in [4.78, 5) is 12.9. The normalized spacial score (nSPS) is 33.6. The number of aliphatic hydroxyl groups excluding tert-OH is 3. The van der Waals surface area contributed by atoms with E-state index in [1.54, 1.807) is 4.90 Å². The first kappa shape index (κ1) is 13.4. The highest BCUT2D eigenvalue weighted by Crippen LogP contribution is 2.20. The predicted octanol–water partition coefficient (Wildman–Crippen LogP) is -2.10. The highest BCUT2D eigenvalue weighted by atomic mass is 16.3. The van der Waals surface area contributed by atoms with Crippen molar-refractivity contribution in [3.63, 3.8) is 0 Å². The van der Waals surface area contributed by atoms with E-state index in [1.165, 1.54) is 0 Å². The molecule has 1 rings (SSSR count). The highest BCUT2D eigenvalue weighted by molar-refractivity contribution is 5.79. The summed E-state index contributed by atoms with van der Waals surface area (Å²) in [5.74, 6) is -0.875. The van der Waals surface area contributed by atoms with Crippen molar-refractivity contribution in [1.29, 1.82) is 0 Å². The molecule has 3 unspecified atom stereocenters. The Labute approximate surface area is 94.7 Å². The van der Waals surface area contributed by atoms with Crippen LogP contribution in [0, 0.1) is 5.92 Å². The van der Waals surface area contributed by atoms with E-state index in [1.807, 2.05) is 6.92 Å². The lowest BCUT2D eigenvalue weighted by molar-refractivity contribution is -0.131. The molecule has 0 saturated carbocycles. The van der Waals surface area contributed by atoms with Gasteiger partial charge in [0.15, 0.2) is 0 Å². The molecule has 0 spiro atoms. The first-order valence-corrected chi connectivity index (χ1v) is 5.51. The molecule has 5 N–H and O–H groups in total. The van der Waals surface area contributed by atoms with Gasteiger partial charge in [0, 0.05) is 25.6 Å². The van der Waals surface area contributed by atoms with Gasteiger partial charge in [0.25, 0.3) is 0 Å². The molecule has 0 aromatic rings. The Hall–Kier alpha value is -0.690. The highest BCUT2D eigenvalue weighted by Gasteiger charge is 2.37. The van der Waals surface area contributed by atoms with Crippen LogP contribution in [-0.4, -0.2) is 64.1 Å². The molecule has 1 amide bonds. The number of piperidine rings is 1. The number of amides is 1. The van der Waals surface area contributed by atoms with Crippen LogP contribution in [0.15, 0.2) is 0 Å². The Kier molecular flexibility index (Phi) is 4.67. The second kappa shape index (κ2) is 5.58. The fraction of sp³-hybridized carbons (Fsp3) is 0.900. The molecule has 0 aromatic carbocycles. The summed E-state index contributed by atoms with van der Waals surface area (Å²) in [6, 6.07) is -0.448. The number of carbonyl (C=O) groups is 1. The summed E-state index contributed by atoms with van der Waals surface area (Å²) in [5, 5.41) is 28.3. The lowest BCUT2D eigenvalue weighted by Crippen LogP contribution is -2.58. The van der Waals surface area contributed by atoms with Gasteiger partial charge < -0.3 is 21.1 Å². The maximum atomic E-state index is 11.2. The molecule has 1 aliphatic rings. The van der Waals surface area contributed by atoms with Gasteiger partial charge in [0.05, 0.1) is 18.2 Å². The molecule has 16 heavy (non-hydrogen) atoms. The zero-order valence-electron chi connectivity index (χ0n) is 9.41. The third kappa shape index (κ3) is 2.70. The minimum absolute atomic E-state index is 0.207. The summed E-state index contributed by atoms with van der Waals surface area (Å²) in [7, 11) is 0. The molecule has 0 bridgehead atoms. The average Bonchev–Trinajstić information content (AvgIpc) is 2.23. The van der Waals surface area contributed by atoms with Crippen LogP contribution in [0.3, 0.4) is 0 Å². The Morgan fingerprint density at radius 1 is 1.50 bits per heavy atom. The van der Waals surface area contributed by atoms with Crippen LogP contribution in [0.4, 0.5) is 0 Å². The largest absolute Gasteiger partial charge is 0.396 e. The molecule has 0 aliphatic carbocycles. The number of aliphatic hydroxyl groups is 3. The number of nitrogens with two attached hydrogens (primary N) is 1. The number of primary amides is 1. The number of hydrogen-bond donors (Lipinski definition) is 4. The van der Waals surface area contributed by atoms with Crippen molar-refractivity contribution in [3.05, 3.63) is 0 Å². The van der Waals surface area contributed by atoms with E-state index in [-0.39, 0.29) is 13.2 Å². The first-order chi connectivity index (χ1) is 7.51. The van der Waals surface area contributed by atoms with Crippen LogP contribution in [-0.2, 0) is 4.79 Å². The monoisotopic (exact) mass is 232 g/mol. The van der Waals surface area contributed by atoms with Gasteiger partial charge in [-0.15, -0.1) is 0 Å². The van der Waals surface area contributed by atoms with E-state index < -0.39 is 30.1 Å². The first-order valence-electron chi connectivity index (χ1n) is 5.51. The van der Waals surface area contributed by atoms with E-state index >= 15 is 0 Å². The Morgan fingerprint density at radius 2 is 2.12 bits per heavy atom. The predicted molar refractivity (Wildman–Crippen MR) is 57.4 cm³/mol. The number of β-amino-alcohol motifs (C(OH)–C–C–N with tert-alkyl or cyclic N) is 1.